The Bertz CT molecular complexity index is 611. The second-order valence-electron chi connectivity index (χ2n) is 5.41. The van der Waals surface area contributed by atoms with Gasteiger partial charge in [-0.05, 0) is 29.4 Å². The van der Waals surface area contributed by atoms with Gasteiger partial charge >= 0.3 is 0 Å². The molecule has 3 unspecified atom stereocenters. The lowest BCUT2D eigenvalue weighted by Gasteiger charge is -2.23. The first kappa shape index (κ1) is 13.9. The minimum Gasteiger partial charge on any atom is -0.496 e. The van der Waals surface area contributed by atoms with Crippen molar-refractivity contribution in [1.29, 1.82) is 0 Å². The molecule has 3 heteroatoms. The molecule has 3 rings (SSSR count). The van der Waals surface area contributed by atoms with Gasteiger partial charge in [-0.1, -0.05) is 53.2 Å². The highest BCUT2D eigenvalue weighted by Gasteiger charge is 2.32. The first-order chi connectivity index (χ1) is 9.72. The van der Waals surface area contributed by atoms with Gasteiger partial charge in [-0.25, -0.2) is 0 Å². The number of hydrogen-bond donors (Lipinski definition) is 0. The molecular formula is C17H19BrO2. The number of methoxy groups -OCH3 is 1. The summed E-state index contributed by atoms with van der Waals surface area (Å²) < 4.78 is 11.4. The van der Waals surface area contributed by atoms with Crippen molar-refractivity contribution in [3.8, 4) is 5.75 Å². The highest BCUT2D eigenvalue weighted by atomic mass is 79.9. The van der Waals surface area contributed by atoms with E-state index in [4.69, 9.17) is 9.47 Å². The van der Waals surface area contributed by atoms with E-state index < -0.39 is 0 Å². The van der Waals surface area contributed by atoms with Crippen LogP contribution < -0.4 is 4.74 Å². The summed E-state index contributed by atoms with van der Waals surface area (Å²) in [5, 5.41) is 2.39. The van der Waals surface area contributed by atoms with Crippen molar-refractivity contribution in [3.05, 3.63) is 42.0 Å². The molecule has 3 atom stereocenters. The Morgan fingerprint density at radius 3 is 2.60 bits per heavy atom. The normalized spacial score (nSPS) is 23.9. The first-order valence-electron chi connectivity index (χ1n) is 7.03. The quantitative estimate of drug-likeness (QED) is 0.757. The fraction of sp³-hybridized carbons (Fsp3) is 0.412. The van der Waals surface area contributed by atoms with Crippen molar-refractivity contribution in [2.24, 2.45) is 5.92 Å². The second kappa shape index (κ2) is 5.74. The first-order valence-corrected chi connectivity index (χ1v) is 7.95. The van der Waals surface area contributed by atoms with Crippen LogP contribution in [0.25, 0.3) is 10.8 Å². The van der Waals surface area contributed by atoms with E-state index in [1.165, 1.54) is 10.9 Å². The predicted octanol–water partition coefficient (Wildman–Crippen LogP) is 4.71. The van der Waals surface area contributed by atoms with Gasteiger partial charge in [0.25, 0.3) is 0 Å². The fourth-order valence-electron chi connectivity index (χ4n) is 2.98. The van der Waals surface area contributed by atoms with Gasteiger partial charge in [0.15, 0.2) is 0 Å². The van der Waals surface area contributed by atoms with E-state index >= 15 is 0 Å². The molecule has 0 aromatic heterocycles. The van der Waals surface area contributed by atoms with Gasteiger partial charge in [-0.3, -0.25) is 0 Å². The summed E-state index contributed by atoms with van der Waals surface area (Å²) in [7, 11) is 1.72. The van der Waals surface area contributed by atoms with Crippen LogP contribution in [0, 0.1) is 5.92 Å². The van der Waals surface area contributed by atoms with E-state index in [0.717, 1.165) is 24.2 Å². The molecule has 0 radical (unpaired) electrons. The number of hydrogen-bond acceptors (Lipinski definition) is 2. The van der Waals surface area contributed by atoms with Gasteiger partial charge in [-0.15, -0.1) is 0 Å². The molecule has 0 N–H and O–H groups in total. The van der Waals surface area contributed by atoms with Crippen molar-refractivity contribution in [2.75, 3.05) is 13.7 Å². The molecule has 1 aliphatic heterocycles. The molecule has 1 fully saturated rings. The summed E-state index contributed by atoms with van der Waals surface area (Å²) >= 11 is 3.86. The second-order valence-corrected chi connectivity index (χ2v) is 6.39. The van der Waals surface area contributed by atoms with E-state index in [9.17, 15) is 0 Å². The molecule has 0 saturated carbocycles. The summed E-state index contributed by atoms with van der Waals surface area (Å²) in [6, 6.07) is 12.6. The largest absolute Gasteiger partial charge is 0.496 e. The standard InChI is InChI=1S/C17H19BrO2/c1-11-9-10-20-17(11)16(18)14-7-8-15(19-2)13-6-4-3-5-12(13)14/h3-8,11,16-17H,9-10H2,1-2H3. The average Bonchev–Trinajstić information content (AvgIpc) is 2.91. The highest BCUT2D eigenvalue weighted by Crippen LogP contribution is 2.41. The molecule has 20 heavy (non-hydrogen) atoms. The van der Waals surface area contributed by atoms with Gasteiger partial charge in [-0.2, -0.15) is 0 Å². The summed E-state index contributed by atoms with van der Waals surface area (Å²) in [4.78, 5) is 0.218. The van der Waals surface area contributed by atoms with Crippen molar-refractivity contribution in [2.45, 2.75) is 24.3 Å². The Hall–Kier alpha value is -1.06. The topological polar surface area (TPSA) is 18.5 Å². The molecule has 0 aliphatic carbocycles. The van der Waals surface area contributed by atoms with Crippen molar-refractivity contribution in [1.82, 2.24) is 0 Å². The maximum atomic E-state index is 5.91. The van der Waals surface area contributed by atoms with Crippen LogP contribution >= 0.6 is 15.9 Å². The van der Waals surface area contributed by atoms with Crippen molar-refractivity contribution >= 4 is 26.7 Å². The van der Waals surface area contributed by atoms with Crippen LogP contribution in [0.5, 0.6) is 5.75 Å². The van der Waals surface area contributed by atoms with Gasteiger partial charge in [0, 0.05) is 12.0 Å². The molecule has 2 aromatic carbocycles. The van der Waals surface area contributed by atoms with Crippen LogP contribution in [0.2, 0.25) is 0 Å². The van der Waals surface area contributed by atoms with Gasteiger partial charge < -0.3 is 9.47 Å². The lowest BCUT2D eigenvalue weighted by atomic mass is 9.94. The molecule has 0 bridgehead atoms. The van der Waals surface area contributed by atoms with Crippen LogP contribution in [-0.4, -0.2) is 19.8 Å². The molecule has 1 saturated heterocycles. The Kier molecular flexibility index (Phi) is 3.99. The van der Waals surface area contributed by atoms with Crippen molar-refractivity contribution in [3.63, 3.8) is 0 Å². The maximum absolute atomic E-state index is 5.91. The number of halogens is 1. The van der Waals surface area contributed by atoms with Crippen LogP contribution in [0.15, 0.2) is 36.4 Å². The van der Waals surface area contributed by atoms with E-state index in [2.05, 4.69) is 47.1 Å². The van der Waals surface area contributed by atoms with Crippen LogP contribution in [0.1, 0.15) is 23.7 Å². The van der Waals surface area contributed by atoms with Crippen LogP contribution in [0.3, 0.4) is 0 Å². The fourth-order valence-corrected chi connectivity index (χ4v) is 4.05. The minimum atomic E-state index is 0.218. The Morgan fingerprint density at radius 2 is 1.95 bits per heavy atom. The van der Waals surface area contributed by atoms with Gasteiger partial charge in [0.2, 0.25) is 0 Å². The van der Waals surface area contributed by atoms with Gasteiger partial charge in [0.05, 0.1) is 18.0 Å². The Labute approximate surface area is 128 Å². The van der Waals surface area contributed by atoms with E-state index in [-0.39, 0.29) is 10.9 Å². The SMILES string of the molecule is COc1ccc(C(Br)C2OCCC2C)c2ccccc12. The molecule has 106 valence electrons. The molecular weight excluding hydrogens is 316 g/mol. The summed E-state index contributed by atoms with van der Waals surface area (Å²) in [5.74, 6) is 1.50. The molecule has 0 amide bonds. The van der Waals surface area contributed by atoms with E-state index in [1.54, 1.807) is 7.11 Å². The smallest absolute Gasteiger partial charge is 0.126 e. The monoisotopic (exact) mass is 334 g/mol. The molecule has 2 nitrogen and oxygen atoms in total. The molecule has 1 aliphatic rings. The molecule has 0 spiro atoms. The number of fused-ring (bicyclic) bond motifs is 1. The summed E-state index contributed by atoms with van der Waals surface area (Å²) in [6.07, 6.45) is 1.38. The van der Waals surface area contributed by atoms with Crippen LogP contribution in [-0.2, 0) is 4.74 Å². The predicted molar refractivity (Wildman–Crippen MR) is 85.7 cm³/mol. The van der Waals surface area contributed by atoms with Crippen LogP contribution in [0.4, 0.5) is 0 Å². The minimum absolute atomic E-state index is 0.218. The lowest BCUT2D eigenvalue weighted by molar-refractivity contribution is 0.0937. The number of ether oxygens (including phenoxy) is 2. The number of rotatable bonds is 3. The Morgan fingerprint density at radius 1 is 1.20 bits per heavy atom. The highest BCUT2D eigenvalue weighted by molar-refractivity contribution is 9.09. The number of benzene rings is 2. The molecule has 2 aromatic rings. The maximum Gasteiger partial charge on any atom is 0.126 e. The average molecular weight is 335 g/mol. The van der Waals surface area contributed by atoms with E-state index in [1.807, 2.05) is 12.1 Å². The Balaban J connectivity index is 2.07. The zero-order chi connectivity index (χ0) is 14.1. The summed E-state index contributed by atoms with van der Waals surface area (Å²) in [6.45, 7) is 3.12. The number of alkyl halides is 1. The van der Waals surface area contributed by atoms with Crippen molar-refractivity contribution < 1.29 is 9.47 Å². The van der Waals surface area contributed by atoms with E-state index in [0.29, 0.717) is 5.92 Å². The molecule has 1 heterocycles. The summed E-state index contributed by atoms with van der Waals surface area (Å²) in [5.41, 5.74) is 1.28. The third-order valence-corrected chi connectivity index (χ3v) is 5.18. The zero-order valence-corrected chi connectivity index (χ0v) is 13.4. The van der Waals surface area contributed by atoms with Gasteiger partial charge in [0.1, 0.15) is 5.75 Å². The third kappa shape index (κ3) is 2.33. The zero-order valence-electron chi connectivity index (χ0n) is 11.8. The lowest BCUT2D eigenvalue weighted by Crippen LogP contribution is -2.19. The third-order valence-electron chi connectivity index (χ3n) is 4.17.